The molecule has 0 spiro atoms. The molecule has 0 heterocycles. The van der Waals surface area contributed by atoms with Crippen molar-refractivity contribution < 1.29 is 23.0 Å². The van der Waals surface area contributed by atoms with Gasteiger partial charge in [-0.3, -0.25) is 9.69 Å². The number of ether oxygens (including phenoxy) is 2. The van der Waals surface area contributed by atoms with E-state index in [2.05, 4.69) is 5.32 Å². The lowest BCUT2D eigenvalue weighted by atomic mass is 10.1. The summed E-state index contributed by atoms with van der Waals surface area (Å²) < 4.78 is 36.7. The monoisotopic (exact) mass is 378 g/mol. The fourth-order valence-electron chi connectivity index (χ4n) is 2.56. The second-order valence-electron chi connectivity index (χ2n) is 6.21. The molecule has 5 nitrogen and oxygen atoms in total. The van der Waals surface area contributed by atoms with Crippen LogP contribution in [0.5, 0.6) is 11.5 Å². The zero-order chi connectivity index (χ0) is 20.0. The Balaban J connectivity index is 1.93. The standard InChI is InChI=1S/C20H24F2N2O3/c1-13(20(25)23-15-6-7-16(21)17(22)12-15)24(2)10-9-14-5-8-18(26-3)19(11-14)27-4/h5-8,11-13H,9-10H2,1-4H3,(H,23,25)/t13-/m0/s1. The molecule has 0 unspecified atom stereocenters. The van der Waals surface area contributed by atoms with Gasteiger partial charge in [-0.05, 0) is 50.2 Å². The second kappa shape index (κ2) is 9.32. The summed E-state index contributed by atoms with van der Waals surface area (Å²) in [6, 6.07) is 8.51. The topological polar surface area (TPSA) is 50.8 Å². The first-order valence-corrected chi connectivity index (χ1v) is 8.52. The molecular weight excluding hydrogens is 354 g/mol. The maximum absolute atomic E-state index is 13.3. The number of anilines is 1. The predicted molar refractivity (Wildman–Crippen MR) is 100 cm³/mol. The molecule has 2 rings (SSSR count). The van der Waals surface area contributed by atoms with E-state index in [1.54, 1.807) is 21.1 Å². The molecule has 0 radical (unpaired) electrons. The van der Waals surface area contributed by atoms with Crippen LogP contribution < -0.4 is 14.8 Å². The number of hydrogen-bond donors (Lipinski definition) is 1. The van der Waals surface area contributed by atoms with Gasteiger partial charge in [0.05, 0.1) is 20.3 Å². The molecule has 0 aliphatic carbocycles. The highest BCUT2D eigenvalue weighted by atomic mass is 19.2. The number of methoxy groups -OCH3 is 2. The van der Waals surface area contributed by atoms with Crippen LogP contribution in [-0.4, -0.2) is 44.7 Å². The van der Waals surface area contributed by atoms with E-state index in [1.165, 1.54) is 6.07 Å². The number of amides is 1. The van der Waals surface area contributed by atoms with Gasteiger partial charge in [-0.15, -0.1) is 0 Å². The molecule has 27 heavy (non-hydrogen) atoms. The van der Waals surface area contributed by atoms with E-state index in [-0.39, 0.29) is 11.6 Å². The summed E-state index contributed by atoms with van der Waals surface area (Å²) in [5, 5.41) is 2.60. The highest BCUT2D eigenvalue weighted by molar-refractivity contribution is 5.94. The van der Waals surface area contributed by atoms with Gasteiger partial charge in [0.1, 0.15) is 0 Å². The molecule has 0 saturated heterocycles. The molecular formula is C20H24F2N2O3. The van der Waals surface area contributed by atoms with Crippen molar-refractivity contribution in [2.24, 2.45) is 0 Å². The summed E-state index contributed by atoms with van der Waals surface area (Å²) in [4.78, 5) is 14.2. The van der Waals surface area contributed by atoms with E-state index >= 15 is 0 Å². The van der Waals surface area contributed by atoms with E-state index in [9.17, 15) is 13.6 Å². The van der Waals surface area contributed by atoms with E-state index in [0.717, 1.165) is 17.7 Å². The number of benzene rings is 2. The molecule has 0 aliphatic rings. The van der Waals surface area contributed by atoms with Crippen LogP contribution in [0, 0.1) is 11.6 Å². The lowest BCUT2D eigenvalue weighted by Crippen LogP contribution is -2.40. The van der Waals surface area contributed by atoms with Crippen LogP contribution in [-0.2, 0) is 11.2 Å². The van der Waals surface area contributed by atoms with Crippen LogP contribution in [0.3, 0.4) is 0 Å². The Labute approximate surface area is 157 Å². The van der Waals surface area contributed by atoms with E-state index in [4.69, 9.17) is 9.47 Å². The number of rotatable bonds is 8. The van der Waals surface area contributed by atoms with Gasteiger partial charge in [-0.1, -0.05) is 6.07 Å². The Hall–Kier alpha value is -2.67. The number of carbonyl (C=O) groups excluding carboxylic acids is 1. The van der Waals surface area contributed by atoms with Gasteiger partial charge in [0.15, 0.2) is 23.1 Å². The summed E-state index contributed by atoms with van der Waals surface area (Å²) in [6.07, 6.45) is 0.708. The minimum absolute atomic E-state index is 0.221. The average molecular weight is 378 g/mol. The van der Waals surface area contributed by atoms with Crippen molar-refractivity contribution >= 4 is 11.6 Å². The quantitative estimate of drug-likeness (QED) is 0.764. The lowest BCUT2D eigenvalue weighted by Gasteiger charge is -2.24. The molecule has 0 fully saturated rings. The van der Waals surface area contributed by atoms with Gasteiger partial charge >= 0.3 is 0 Å². The van der Waals surface area contributed by atoms with Crippen LogP contribution in [0.15, 0.2) is 36.4 Å². The second-order valence-corrected chi connectivity index (χ2v) is 6.21. The van der Waals surface area contributed by atoms with Crippen molar-refractivity contribution in [3.8, 4) is 11.5 Å². The molecule has 0 bridgehead atoms. The Morgan fingerprint density at radius 1 is 1.07 bits per heavy atom. The van der Waals surface area contributed by atoms with Crippen LogP contribution in [0.1, 0.15) is 12.5 Å². The minimum Gasteiger partial charge on any atom is -0.493 e. The summed E-state index contributed by atoms with van der Waals surface area (Å²) in [5.41, 5.74) is 1.27. The summed E-state index contributed by atoms with van der Waals surface area (Å²) >= 11 is 0. The third-order valence-electron chi connectivity index (χ3n) is 4.43. The lowest BCUT2D eigenvalue weighted by molar-refractivity contribution is -0.120. The van der Waals surface area contributed by atoms with Crippen molar-refractivity contribution in [3.63, 3.8) is 0 Å². The Morgan fingerprint density at radius 3 is 2.41 bits per heavy atom. The molecule has 2 aromatic carbocycles. The highest BCUT2D eigenvalue weighted by Gasteiger charge is 2.18. The maximum atomic E-state index is 13.3. The smallest absolute Gasteiger partial charge is 0.241 e. The SMILES string of the molecule is COc1ccc(CCN(C)[C@@H](C)C(=O)Nc2ccc(F)c(F)c2)cc1OC. The van der Waals surface area contributed by atoms with Crippen molar-refractivity contribution in [2.75, 3.05) is 33.1 Å². The predicted octanol–water partition coefficient (Wildman–Crippen LogP) is 3.48. The van der Waals surface area contributed by atoms with Crippen molar-refractivity contribution in [1.29, 1.82) is 0 Å². The molecule has 7 heteroatoms. The van der Waals surface area contributed by atoms with E-state index < -0.39 is 17.7 Å². The number of nitrogens with zero attached hydrogens (tertiary/aromatic N) is 1. The zero-order valence-corrected chi connectivity index (χ0v) is 15.9. The first-order chi connectivity index (χ1) is 12.8. The van der Waals surface area contributed by atoms with Crippen LogP contribution >= 0.6 is 0 Å². The molecule has 0 saturated carbocycles. The van der Waals surface area contributed by atoms with E-state index in [0.29, 0.717) is 24.5 Å². The van der Waals surface area contributed by atoms with Gasteiger partial charge < -0.3 is 14.8 Å². The first kappa shape index (κ1) is 20.6. The van der Waals surface area contributed by atoms with Gasteiger partial charge in [-0.25, -0.2) is 8.78 Å². The summed E-state index contributed by atoms with van der Waals surface area (Å²) in [7, 11) is 4.99. The zero-order valence-electron chi connectivity index (χ0n) is 15.9. The van der Waals surface area contributed by atoms with Crippen molar-refractivity contribution in [1.82, 2.24) is 4.90 Å². The average Bonchev–Trinajstić information content (AvgIpc) is 2.67. The van der Waals surface area contributed by atoms with Crippen LogP contribution in [0.2, 0.25) is 0 Å². The van der Waals surface area contributed by atoms with E-state index in [1.807, 2.05) is 30.1 Å². The molecule has 146 valence electrons. The van der Waals surface area contributed by atoms with Crippen LogP contribution in [0.4, 0.5) is 14.5 Å². The molecule has 1 amide bonds. The Bertz CT molecular complexity index is 799. The fraction of sp³-hybridized carbons (Fsp3) is 0.350. The number of nitrogens with one attached hydrogen (secondary N) is 1. The van der Waals surface area contributed by atoms with Gasteiger partial charge in [0.2, 0.25) is 5.91 Å². The first-order valence-electron chi connectivity index (χ1n) is 8.52. The maximum Gasteiger partial charge on any atom is 0.241 e. The molecule has 1 N–H and O–H groups in total. The van der Waals surface area contributed by atoms with Gasteiger partial charge in [0.25, 0.3) is 0 Å². The van der Waals surface area contributed by atoms with Crippen molar-refractivity contribution in [3.05, 3.63) is 53.6 Å². The molecule has 1 atom stereocenters. The number of halogens is 2. The summed E-state index contributed by atoms with van der Waals surface area (Å²) in [6.45, 7) is 2.38. The largest absolute Gasteiger partial charge is 0.493 e. The third kappa shape index (κ3) is 5.40. The Kier molecular flexibility index (Phi) is 7.12. The van der Waals surface area contributed by atoms with Gasteiger partial charge in [0, 0.05) is 18.3 Å². The fourth-order valence-corrected chi connectivity index (χ4v) is 2.56. The van der Waals surface area contributed by atoms with Crippen molar-refractivity contribution in [2.45, 2.75) is 19.4 Å². The molecule has 2 aromatic rings. The number of hydrogen-bond acceptors (Lipinski definition) is 4. The normalized spacial score (nSPS) is 12.0. The molecule has 0 aromatic heterocycles. The minimum atomic E-state index is -0.998. The van der Waals surface area contributed by atoms with Gasteiger partial charge in [-0.2, -0.15) is 0 Å². The Morgan fingerprint density at radius 2 is 1.78 bits per heavy atom. The summed E-state index contributed by atoms with van der Waals surface area (Å²) in [5.74, 6) is -0.929. The molecule has 0 aliphatic heterocycles. The van der Waals surface area contributed by atoms with Crippen LogP contribution in [0.25, 0.3) is 0 Å². The number of likely N-dealkylation sites (N-methyl/N-ethyl adjacent to an activating group) is 1. The highest BCUT2D eigenvalue weighted by Crippen LogP contribution is 2.27. The third-order valence-corrected chi connectivity index (χ3v) is 4.43. The number of carbonyl (C=O) groups is 1.